The lowest BCUT2D eigenvalue weighted by Crippen LogP contribution is -2.00. The van der Waals surface area contributed by atoms with Crippen molar-refractivity contribution in [3.8, 4) is 0 Å². The molecular formula is C18H17N3OS. The fourth-order valence-corrected chi connectivity index (χ4v) is 3.29. The van der Waals surface area contributed by atoms with Crippen LogP contribution in [0.15, 0.2) is 71.8 Å². The van der Waals surface area contributed by atoms with Crippen molar-refractivity contribution >= 4 is 22.4 Å². The largest absolute Gasteiger partial charge is 0.324 e. The number of rotatable bonds is 5. The molecule has 0 saturated carbocycles. The Kier molecular flexibility index (Phi) is 4.78. The van der Waals surface area contributed by atoms with Gasteiger partial charge in [0.25, 0.3) is 0 Å². The van der Waals surface area contributed by atoms with Gasteiger partial charge in [0.2, 0.25) is 5.95 Å². The molecular weight excluding hydrogens is 306 g/mol. The first-order chi connectivity index (χ1) is 11.2. The number of hydrogen-bond acceptors (Lipinski definition) is 4. The highest BCUT2D eigenvalue weighted by atomic mass is 32.2. The van der Waals surface area contributed by atoms with Crippen LogP contribution in [-0.2, 0) is 16.6 Å². The summed E-state index contributed by atoms with van der Waals surface area (Å²) >= 11 is 0. The number of hydrogen-bond donors (Lipinski definition) is 1. The van der Waals surface area contributed by atoms with Crippen LogP contribution in [0.1, 0.15) is 11.3 Å². The molecule has 1 unspecified atom stereocenters. The molecule has 5 heteroatoms. The Balaban J connectivity index is 1.74. The fraction of sp³-hybridized carbons (Fsp3) is 0.111. The second-order valence-corrected chi connectivity index (χ2v) is 6.60. The lowest BCUT2D eigenvalue weighted by atomic mass is 10.2. The highest BCUT2D eigenvalue weighted by Crippen LogP contribution is 2.18. The van der Waals surface area contributed by atoms with Crippen LogP contribution < -0.4 is 5.32 Å². The Morgan fingerprint density at radius 2 is 1.87 bits per heavy atom. The highest BCUT2D eigenvalue weighted by Gasteiger charge is 2.06. The third-order valence-electron chi connectivity index (χ3n) is 3.28. The normalized spacial score (nSPS) is 11.9. The molecule has 0 radical (unpaired) electrons. The molecule has 0 aliphatic rings. The van der Waals surface area contributed by atoms with Gasteiger partial charge in [0.05, 0.1) is 16.6 Å². The van der Waals surface area contributed by atoms with Gasteiger partial charge >= 0.3 is 0 Å². The van der Waals surface area contributed by atoms with E-state index in [9.17, 15) is 4.21 Å². The predicted molar refractivity (Wildman–Crippen MR) is 93.0 cm³/mol. The summed E-state index contributed by atoms with van der Waals surface area (Å²) in [6.07, 6.45) is 1.72. The minimum atomic E-state index is -1.05. The summed E-state index contributed by atoms with van der Waals surface area (Å²) in [6.45, 7) is 1.92. The van der Waals surface area contributed by atoms with Gasteiger partial charge in [-0.05, 0) is 42.8 Å². The minimum Gasteiger partial charge on any atom is -0.324 e. The van der Waals surface area contributed by atoms with Crippen LogP contribution >= 0.6 is 0 Å². The summed E-state index contributed by atoms with van der Waals surface area (Å²) < 4.78 is 12.4. The minimum absolute atomic E-state index is 0.480. The third-order valence-corrected chi connectivity index (χ3v) is 4.68. The van der Waals surface area contributed by atoms with E-state index in [-0.39, 0.29) is 0 Å². The fourth-order valence-electron chi connectivity index (χ4n) is 2.18. The topological polar surface area (TPSA) is 54.9 Å². The monoisotopic (exact) mass is 323 g/mol. The van der Waals surface area contributed by atoms with Crippen molar-refractivity contribution in [2.75, 3.05) is 5.32 Å². The molecule has 4 nitrogen and oxygen atoms in total. The van der Waals surface area contributed by atoms with E-state index >= 15 is 0 Å². The molecule has 0 aliphatic heterocycles. The molecule has 0 aliphatic carbocycles. The summed E-state index contributed by atoms with van der Waals surface area (Å²) in [5.74, 6) is 1.04. The maximum atomic E-state index is 12.4. The van der Waals surface area contributed by atoms with Gasteiger partial charge < -0.3 is 5.32 Å². The molecule has 3 rings (SSSR count). The molecule has 23 heavy (non-hydrogen) atoms. The van der Waals surface area contributed by atoms with E-state index in [0.717, 1.165) is 21.8 Å². The molecule has 0 amide bonds. The maximum Gasteiger partial charge on any atom is 0.227 e. The lowest BCUT2D eigenvalue weighted by Gasteiger charge is -2.08. The van der Waals surface area contributed by atoms with Crippen molar-refractivity contribution in [3.05, 3.63) is 78.1 Å². The first-order valence-corrected chi connectivity index (χ1v) is 8.62. The van der Waals surface area contributed by atoms with Gasteiger partial charge in [-0.1, -0.05) is 30.3 Å². The summed E-state index contributed by atoms with van der Waals surface area (Å²) in [5.41, 5.74) is 2.80. The first kappa shape index (κ1) is 15.4. The molecule has 1 atom stereocenters. The molecule has 116 valence electrons. The number of aromatic nitrogens is 2. The van der Waals surface area contributed by atoms with Crippen LogP contribution in [0.3, 0.4) is 0 Å². The van der Waals surface area contributed by atoms with Crippen molar-refractivity contribution in [3.63, 3.8) is 0 Å². The average Bonchev–Trinajstić information content (AvgIpc) is 2.56. The van der Waals surface area contributed by atoms with Gasteiger partial charge in [-0.15, -0.1) is 0 Å². The van der Waals surface area contributed by atoms with E-state index in [4.69, 9.17) is 0 Å². The second-order valence-electron chi connectivity index (χ2n) is 5.15. The zero-order valence-corrected chi connectivity index (χ0v) is 13.6. The number of aryl methyl sites for hydroxylation is 1. The third kappa shape index (κ3) is 4.23. The Hall–Kier alpha value is -2.53. The number of benzene rings is 2. The molecule has 0 spiro atoms. The Morgan fingerprint density at radius 1 is 1.04 bits per heavy atom. The van der Waals surface area contributed by atoms with Crippen molar-refractivity contribution in [1.82, 2.24) is 9.97 Å². The highest BCUT2D eigenvalue weighted by molar-refractivity contribution is 7.84. The van der Waals surface area contributed by atoms with Crippen LogP contribution in [-0.4, -0.2) is 14.2 Å². The van der Waals surface area contributed by atoms with E-state index in [1.165, 1.54) is 0 Å². The van der Waals surface area contributed by atoms with Crippen molar-refractivity contribution in [2.45, 2.75) is 17.6 Å². The summed E-state index contributed by atoms with van der Waals surface area (Å²) in [4.78, 5) is 9.36. The smallest absolute Gasteiger partial charge is 0.227 e. The Morgan fingerprint density at radius 3 is 2.65 bits per heavy atom. The van der Waals surface area contributed by atoms with Crippen LogP contribution in [0.25, 0.3) is 0 Å². The van der Waals surface area contributed by atoms with Gasteiger partial charge in [0.1, 0.15) is 0 Å². The number of nitrogens with zero attached hydrogens (tertiary/aromatic N) is 2. The SMILES string of the molecule is Cc1ccnc(Nc2cccc(CS(=O)c3ccccc3)c2)n1. The molecule has 0 fully saturated rings. The second kappa shape index (κ2) is 7.15. The predicted octanol–water partition coefficient (Wildman–Crippen LogP) is 3.84. The summed E-state index contributed by atoms with van der Waals surface area (Å²) in [6, 6.07) is 19.2. The van der Waals surface area contributed by atoms with Crippen LogP contribution in [0.2, 0.25) is 0 Å². The zero-order valence-electron chi connectivity index (χ0n) is 12.8. The quantitative estimate of drug-likeness (QED) is 0.775. The van der Waals surface area contributed by atoms with E-state index in [1.54, 1.807) is 6.20 Å². The molecule has 3 aromatic rings. The van der Waals surface area contributed by atoms with Crippen LogP contribution in [0.5, 0.6) is 0 Å². The molecule has 1 N–H and O–H groups in total. The molecule has 1 heterocycles. The molecule has 2 aromatic carbocycles. The Bertz CT molecular complexity index is 821. The van der Waals surface area contributed by atoms with Gasteiger partial charge in [-0.25, -0.2) is 9.97 Å². The maximum absolute atomic E-state index is 12.4. The van der Waals surface area contributed by atoms with Crippen molar-refractivity contribution in [1.29, 1.82) is 0 Å². The standard InChI is InChI=1S/C18H17N3OS/c1-14-10-11-19-18(20-14)21-16-7-5-6-15(12-16)13-23(22)17-8-3-2-4-9-17/h2-12H,13H2,1H3,(H,19,20,21). The van der Waals surface area contributed by atoms with Gasteiger partial charge in [-0.3, -0.25) is 4.21 Å². The number of nitrogens with one attached hydrogen (secondary N) is 1. The van der Waals surface area contributed by atoms with Crippen molar-refractivity contribution in [2.24, 2.45) is 0 Å². The average molecular weight is 323 g/mol. The van der Waals surface area contributed by atoms with E-state index in [1.807, 2.05) is 67.6 Å². The van der Waals surface area contributed by atoms with Crippen LogP contribution in [0.4, 0.5) is 11.6 Å². The summed E-state index contributed by atoms with van der Waals surface area (Å²) in [5, 5.41) is 3.18. The zero-order chi connectivity index (χ0) is 16.1. The van der Waals surface area contributed by atoms with Gasteiger partial charge in [0, 0.05) is 22.5 Å². The summed E-state index contributed by atoms with van der Waals surface area (Å²) in [7, 11) is -1.05. The molecule has 1 aromatic heterocycles. The van der Waals surface area contributed by atoms with Gasteiger partial charge in [0.15, 0.2) is 0 Å². The molecule has 0 bridgehead atoms. The Labute approximate surface area is 138 Å². The van der Waals surface area contributed by atoms with Crippen molar-refractivity contribution < 1.29 is 4.21 Å². The lowest BCUT2D eigenvalue weighted by molar-refractivity contribution is 0.682. The van der Waals surface area contributed by atoms with Crippen LogP contribution in [0, 0.1) is 6.92 Å². The first-order valence-electron chi connectivity index (χ1n) is 7.30. The van der Waals surface area contributed by atoms with E-state index in [2.05, 4.69) is 15.3 Å². The number of anilines is 2. The van der Waals surface area contributed by atoms with E-state index in [0.29, 0.717) is 11.7 Å². The molecule has 0 saturated heterocycles. The van der Waals surface area contributed by atoms with E-state index < -0.39 is 10.8 Å². The van der Waals surface area contributed by atoms with Gasteiger partial charge in [-0.2, -0.15) is 0 Å².